The number of amides is 1. The predicted octanol–water partition coefficient (Wildman–Crippen LogP) is 2.84. The van der Waals surface area contributed by atoms with Crippen LogP contribution in [0, 0.1) is 10.1 Å². The van der Waals surface area contributed by atoms with E-state index in [1.54, 1.807) is 19.2 Å². The maximum absolute atomic E-state index is 11.6. The average molecular weight is 337 g/mol. The fraction of sp³-hybridized carbons (Fsp3) is 0.111. The van der Waals surface area contributed by atoms with Crippen LogP contribution in [0.25, 0.3) is 10.9 Å². The minimum absolute atomic E-state index is 0.0905. The van der Waals surface area contributed by atoms with Crippen molar-refractivity contribution in [3.63, 3.8) is 0 Å². The van der Waals surface area contributed by atoms with Gasteiger partial charge in [0.2, 0.25) is 5.91 Å². The minimum atomic E-state index is -0.724. The number of carbonyl (C=O) groups excluding carboxylic acids is 1. The summed E-state index contributed by atoms with van der Waals surface area (Å²) in [6.45, 7) is 0. The van der Waals surface area contributed by atoms with Crippen LogP contribution in [0.15, 0.2) is 48.5 Å². The van der Waals surface area contributed by atoms with Crippen LogP contribution >= 0.6 is 0 Å². The Morgan fingerprint density at radius 1 is 1.20 bits per heavy atom. The van der Waals surface area contributed by atoms with Crippen molar-refractivity contribution in [1.82, 2.24) is 4.98 Å². The molecule has 0 saturated carbocycles. The largest absolute Gasteiger partial charge is 0.497 e. The van der Waals surface area contributed by atoms with Crippen LogP contribution in [0.3, 0.4) is 0 Å². The second-order valence-corrected chi connectivity index (χ2v) is 5.51. The monoisotopic (exact) mass is 337 g/mol. The molecule has 3 rings (SSSR count). The Bertz CT molecular complexity index is 968. The maximum atomic E-state index is 11.6. The lowest BCUT2D eigenvalue weighted by Crippen LogP contribution is -2.12. The van der Waals surface area contributed by atoms with Gasteiger partial charge in [0.15, 0.2) is 0 Å². The van der Waals surface area contributed by atoms with E-state index in [9.17, 15) is 14.9 Å². The highest BCUT2D eigenvalue weighted by Crippen LogP contribution is 2.25. The van der Waals surface area contributed by atoms with Crippen LogP contribution < -0.4 is 10.5 Å². The highest BCUT2D eigenvalue weighted by molar-refractivity contribution is 6.06. The van der Waals surface area contributed by atoms with Crippen LogP contribution in [0.1, 0.15) is 21.6 Å². The van der Waals surface area contributed by atoms with Gasteiger partial charge in [-0.25, -0.2) is 0 Å². The summed E-state index contributed by atoms with van der Waals surface area (Å²) in [6.07, 6.45) is 0.550. The number of nitro benzene ring substituents is 1. The molecule has 2 aromatic carbocycles. The molecule has 1 heterocycles. The topological polar surface area (TPSA) is 108 Å². The SMILES string of the molecule is COc1ccc(Cc2ccc3c(C(N)=O)cc([N+](=O)[O-])cc3n2)cc1. The van der Waals surface area contributed by atoms with E-state index in [4.69, 9.17) is 10.5 Å². The van der Waals surface area contributed by atoms with Crippen LogP contribution in [-0.2, 0) is 6.42 Å². The number of hydrogen-bond acceptors (Lipinski definition) is 5. The van der Waals surface area contributed by atoms with E-state index >= 15 is 0 Å². The molecule has 0 bridgehead atoms. The normalized spacial score (nSPS) is 10.6. The summed E-state index contributed by atoms with van der Waals surface area (Å²) in [7, 11) is 1.60. The molecule has 1 amide bonds. The number of primary amides is 1. The molecular formula is C18H15N3O4. The predicted molar refractivity (Wildman–Crippen MR) is 92.7 cm³/mol. The first-order chi connectivity index (χ1) is 12.0. The maximum Gasteiger partial charge on any atom is 0.272 e. The summed E-state index contributed by atoms with van der Waals surface area (Å²) in [5.74, 6) is 0.0374. The number of nitrogens with two attached hydrogens (primary N) is 1. The first-order valence-corrected chi connectivity index (χ1v) is 7.48. The summed E-state index contributed by atoms with van der Waals surface area (Å²) in [5, 5.41) is 11.6. The van der Waals surface area contributed by atoms with Gasteiger partial charge in [0.1, 0.15) is 5.75 Å². The zero-order valence-corrected chi connectivity index (χ0v) is 13.4. The van der Waals surface area contributed by atoms with E-state index in [2.05, 4.69) is 4.98 Å². The van der Waals surface area contributed by atoms with Gasteiger partial charge in [-0.1, -0.05) is 18.2 Å². The molecule has 0 radical (unpaired) electrons. The molecule has 0 atom stereocenters. The number of hydrogen-bond donors (Lipinski definition) is 1. The van der Waals surface area contributed by atoms with Gasteiger partial charge in [0.05, 0.1) is 23.1 Å². The van der Waals surface area contributed by atoms with Gasteiger partial charge in [-0.3, -0.25) is 19.9 Å². The quantitative estimate of drug-likeness (QED) is 0.569. The van der Waals surface area contributed by atoms with Crippen LogP contribution in [0.5, 0.6) is 5.75 Å². The Labute approximate surface area is 143 Å². The van der Waals surface area contributed by atoms with Crippen molar-refractivity contribution in [2.24, 2.45) is 5.73 Å². The first kappa shape index (κ1) is 16.4. The summed E-state index contributed by atoms with van der Waals surface area (Å²) >= 11 is 0. The van der Waals surface area contributed by atoms with Crippen molar-refractivity contribution >= 4 is 22.5 Å². The first-order valence-electron chi connectivity index (χ1n) is 7.48. The third kappa shape index (κ3) is 3.40. The number of nitro groups is 1. The van der Waals surface area contributed by atoms with Gasteiger partial charge in [-0.15, -0.1) is 0 Å². The smallest absolute Gasteiger partial charge is 0.272 e. The Morgan fingerprint density at radius 2 is 1.92 bits per heavy atom. The molecule has 2 N–H and O–H groups in total. The fourth-order valence-corrected chi connectivity index (χ4v) is 2.62. The molecule has 7 nitrogen and oxygen atoms in total. The molecule has 0 aliphatic rings. The van der Waals surface area contributed by atoms with Gasteiger partial charge in [0, 0.05) is 29.6 Å². The lowest BCUT2D eigenvalue weighted by Gasteiger charge is -2.07. The van der Waals surface area contributed by atoms with Crippen LogP contribution in [0.2, 0.25) is 0 Å². The van der Waals surface area contributed by atoms with Crippen molar-refractivity contribution in [1.29, 1.82) is 0 Å². The summed E-state index contributed by atoms with van der Waals surface area (Å²) in [4.78, 5) is 26.5. The Hall–Kier alpha value is -3.48. The van der Waals surface area contributed by atoms with Crippen molar-refractivity contribution in [3.05, 3.63) is 75.5 Å². The molecule has 7 heteroatoms. The lowest BCUT2D eigenvalue weighted by molar-refractivity contribution is -0.384. The van der Waals surface area contributed by atoms with Crippen molar-refractivity contribution < 1.29 is 14.5 Å². The molecule has 0 aliphatic heterocycles. The molecule has 0 fully saturated rings. The molecule has 0 spiro atoms. The molecule has 25 heavy (non-hydrogen) atoms. The summed E-state index contributed by atoms with van der Waals surface area (Å²) < 4.78 is 5.12. The van der Waals surface area contributed by atoms with Gasteiger partial charge in [-0.05, 0) is 23.8 Å². The lowest BCUT2D eigenvalue weighted by atomic mass is 10.0. The van der Waals surface area contributed by atoms with E-state index in [-0.39, 0.29) is 11.3 Å². The van der Waals surface area contributed by atoms with E-state index in [1.807, 2.05) is 24.3 Å². The number of carbonyl (C=O) groups is 1. The van der Waals surface area contributed by atoms with Gasteiger partial charge >= 0.3 is 0 Å². The molecular weight excluding hydrogens is 322 g/mol. The number of non-ortho nitro benzene ring substituents is 1. The van der Waals surface area contributed by atoms with Crippen molar-refractivity contribution in [2.45, 2.75) is 6.42 Å². The summed E-state index contributed by atoms with van der Waals surface area (Å²) in [6, 6.07) is 13.6. The Morgan fingerprint density at radius 3 is 2.52 bits per heavy atom. The van der Waals surface area contributed by atoms with Gasteiger partial charge < -0.3 is 10.5 Å². The number of benzene rings is 2. The summed E-state index contributed by atoms with van der Waals surface area (Å²) in [5.41, 5.74) is 7.34. The highest BCUT2D eigenvalue weighted by Gasteiger charge is 2.16. The second kappa shape index (κ2) is 6.56. The van der Waals surface area contributed by atoms with E-state index in [1.165, 1.54) is 12.1 Å². The number of nitrogens with zero attached hydrogens (tertiary/aromatic N) is 2. The number of fused-ring (bicyclic) bond motifs is 1. The third-order valence-corrected chi connectivity index (χ3v) is 3.87. The number of aromatic nitrogens is 1. The standard InChI is InChI=1S/C18H15N3O4/c1-25-14-5-2-11(3-6-14)8-12-4-7-15-16(18(19)22)9-13(21(23)24)10-17(15)20-12/h2-7,9-10H,8H2,1H3,(H2,19,22). The third-order valence-electron chi connectivity index (χ3n) is 3.87. The molecule has 126 valence electrons. The highest BCUT2D eigenvalue weighted by atomic mass is 16.6. The van der Waals surface area contributed by atoms with E-state index in [0.29, 0.717) is 17.3 Å². The molecule has 0 aliphatic carbocycles. The van der Waals surface area contributed by atoms with Crippen LogP contribution in [-0.4, -0.2) is 22.9 Å². The number of ether oxygens (including phenoxy) is 1. The zero-order valence-electron chi connectivity index (χ0n) is 13.4. The van der Waals surface area contributed by atoms with Crippen LogP contribution in [0.4, 0.5) is 5.69 Å². The Kier molecular flexibility index (Phi) is 4.30. The minimum Gasteiger partial charge on any atom is -0.497 e. The number of methoxy groups -OCH3 is 1. The van der Waals surface area contributed by atoms with E-state index < -0.39 is 10.8 Å². The second-order valence-electron chi connectivity index (χ2n) is 5.51. The van der Waals surface area contributed by atoms with Crippen molar-refractivity contribution in [3.8, 4) is 5.75 Å². The van der Waals surface area contributed by atoms with E-state index in [0.717, 1.165) is 17.0 Å². The molecule has 0 unspecified atom stereocenters. The van der Waals surface area contributed by atoms with Crippen molar-refractivity contribution in [2.75, 3.05) is 7.11 Å². The number of rotatable bonds is 5. The van der Waals surface area contributed by atoms with Gasteiger partial charge in [-0.2, -0.15) is 0 Å². The molecule has 0 saturated heterocycles. The van der Waals surface area contributed by atoms with Gasteiger partial charge in [0.25, 0.3) is 5.69 Å². The average Bonchev–Trinajstić information content (AvgIpc) is 2.61. The Balaban J connectivity index is 2.03. The fourth-order valence-electron chi connectivity index (χ4n) is 2.62. The molecule has 3 aromatic rings. The zero-order chi connectivity index (χ0) is 18.0. The number of pyridine rings is 1. The molecule has 1 aromatic heterocycles.